The number of rotatable bonds is 7. The average molecular weight is 491 g/mol. The fourth-order valence-electron chi connectivity index (χ4n) is 6.09. The summed E-state index contributed by atoms with van der Waals surface area (Å²) < 4.78 is 34.6. The summed E-state index contributed by atoms with van der Waals surface area (Å²) in [6.07, 6.45) is 0.420. The third-order valence-corrected chi connectivity index (χ3v) is 9.07. The summed E-state index contributed by atoms with van der Waals surface area (Å²) in [7, 11) is 0. The van der Waals surface area contributed by atoms with Crippen molar-refractivity contribution in [1.29, 1.82) is 0 Å². The molecule has 4 fully saturated rings. The maximum Gasteiger partial charge on any atom is 0.344 e. The van der Waals surface area contributed by atoms with Gasteiger partial charge in [-0.25, -0.2) is 13.6 Å². The van der Waals surface area contributed by atoms with E-state index >= 15 is 0 Å². The van der Waals surface area contributed by atoms with E-state index in [1.165, 1.54) is 11.3 Å². The number of quaternary nitrogens is 1. The van der Waals surface area contributed by atoms with E-state index in [4.69, 9.17) is 4.74 Å². The molecule has 2 aromatic rings. The number of nitrogens with zero attached hydrogens (tertiary/aromatic N) is 1. The van der Waals surface area contributed by atoms with Gasteiger partial charge in [0.1, 0.15) is 13.1 Å². The summed E-state index contributed by atoms with van der Waals surface area (Å²) in [5.74, 6) is -4.39. The third kappa shape index (κ3) is 4.32. The van der Waals surface area contributed by atoms with Crippen molar-refractivity contribution in [2.24, 2.45) is 11.8 Å². The van der Waals surface area contributed by atoms with Gasteiger partial charge in [-0.15, -0.1) is 11.3 Å². The number of alkyl halides is 2. The lowest BCUT2D eigenvalue weighted by atomic mass is 9.81. The highest BCUT2D eigenvalue weighted by Gasteiger charge is 2.57. The predicted octanol–water partition coefficient (Wildman–Crippen LogP) is 4.41. The van der Waals surface area contributed by atoms with Gasteiger partial charge in [0.05, 0.1) is 13.1 Å². The number of esters is 1. The van der Waals surface area contributed by atoms with Crippen LogP contribution in [0, 0.1) is 11.8 Å². The van der Waals surface area contributed by atoms with Gasteiger partial charge in [-0.05, 0) is 17.9 Å². The second-order valence-electron chi connectivity index (χ2n) is 10.2. The van der Waals surface area contributed by atoms with Crippen LogP contribution in [0.3, 0.4) is 0 Å². The fourth-order valence-corrected chi connectivity index (χ4v) is 6.99. The van der Waals surface area contributed by atoms with E-state index < -0.39 is 35.9 Å². The van der Waals surface area contributed by atoms with E-state index in [0.717, 1.165) is 25.9 Å². The Morgan fingerprint density at radius 1 is 1.12 bits per heavy atom. The van der Waals surface area contributed by atoms with Crippen molar-refractivity contribution >= 4 is 23.1 Å². The van der Waals surface area contributed by atoms with E-state index in [9.17, 15) is 23.5 Å². The second-order valence-corrected chi connectivity index (χ2v) is 11.2. The summed E-state index contributed by atoms with van der Waals surface area (Å²) in [5.41, 5.74) is -1.41. The molecule has 0 spiro atoms. The van der Waals surface area contributed by atoms with Crippen molar-refractivity contribution in [2.75, 3.05) is 26.2 Å². The molecule has 1 aromatic carbocycles. The summed E-state index contributed by atoms with van der Waals surface area (Å²) in [4.78, 5) is 26.8. The van der Waals surface area contributed by atoms with Gasteiger partial charge in [-0.3, -0.25) is 4.79 Å². The largest absolute Gasteiger partial charge is 0.454 e. The van der Waals surface area contributed by atoms with Crippen LogP contribution in [-0.4, -0.2) is 59.5 Å². The zero-order valence-electron chi connectivity index (χ0n) is 19.0. The first-order valence-electron chi connectivity index (χ1n) is 12.0. The Morgan fingerprint density at radius 2 is 1.85 bits per heavy atom. The Hall–Kier alpha value is -2.16. The van der Waals surface area contributed by atoms with Crippen LogP contribution in [0.5, 0.6) is 0 Å². The Morgan fingerprint density at radius 3 is 2.47 bits per heavy atom. The molecule has 2 bridgehead atoms. The van der Waals surface area contributed by atoms with Crippen LogP contribution in [0.1, 0.15) is 47.3 Å². The average Bonchev–Trinajstić information content (AvgIpc) is 3.50. The van der Waals surface area contributed by atoms with Crippen molar-refractivity contribution in [3.05, 3.63) is 58.3 Å². The highest BCUT2D eigenvalue weighted by molar-refractivity contribution is 7.10. The number of thiophene rings is 1. The molecule has 8 heteroatoms. The molecule has 2 unspecified atom stereocenters. The van der Waals surface area contributed by atoms with Gasteiger partial charge in [0, 0.05) is 48.0 Å². The van der Waals surface area contributed by atoms with Gasteiger partial charge in [0.25, 0.3) is 0 Å². The van der Waals surface area contributed by atoms with Crippen LogP contribution in [0.15, 0.2) is 47.8 Å². The number of piperidine rings is 3. The molecule has 6 rings (SSSR count). The van der Waals surface area contributed by atoms with Crippen LogP contribution >= 0.6 is 11.3 Å². The maximum absolute atomic E-state index is 14.0. The number of ether oxygens (including phenoxy) is 1. The predicted molar refractivity (Wildman–Crippen MR) is 124 cm³/mol. The molecular formula is C26H30F2NO4S+. The first-order chi connectivity index (χ1) is 16.2. The number of aliphatic hydroxyl groups is 1. The highest BCUT2D eigenvalue weighted by atomic mass is 32.1. The Balaban J connectivity index is 1.34. The zero-order valence-corrected chi connectivity index (χ0v) is 19.8. The number of hydrogen-bond donors (Lipinski definition) is 1. The first-order valence-corrected chi connectivity index (χ1v) is 12.9. The topological polar surface area (TPSA) is 63.6 Å². The zero-order chi connectivity index (χ0) is 24.0. The minimum absolute atomic E-state index is 0.0642. The van der Waals surface area contributed by atoms with E-state index in [2.05, 4.69) is 0 Å². The molecule has 4 heterocycles. The van der Waals surface area contributed by atoms with Gasteiger partial charge < -0.3 is 14.3 Å². The lowest BCUT2D eigenvalue weighted by molar-refractivity contribution is -0.938. The number of halogens is 2. The van der Waals surface area contributed by atoms with Crippen LogP contribution in [-0.2, 0) is 15.1 Å². The molecule has 1 aliphatic carbocycles. The van der Waals surface area contributed by atoms with Crippen molar-refractivity contribution in [1.82, 2.24) is 0 Å². The molecular weight excluding hydrogens is 460 g/mol. The molecule has 1 N–H and O–H groups in total. The third-order valence-electron chi connectivity index (χ3n) is 8.08. The van der Waals surface area contributed by atoms with Crippen molar-refractivity contribution in [3.63, 3.8) is 0 Å². The molecule has 3 aliphatic heterocycles. The molecule has 0 radical (unpaired) electrons. The van der Waals surface area contributed by atoms with E-state index in [0.29, 0.717) is 28.0 Å². The van der Waals surface area contributed by atoms with Gasteiger partial charge in [0.2, 0.25) is 11.7 Å². The molecule has 182 valence electrons. The SMILES string of the molecule is O=C(C[N+]12CCC(CC1)[C@@H](OC(=O)C(O)(c1cccs1)C1CCC(F)(F)C1)C2)c1ccccc1. The lowest BCUT2D eigenvalue weighted by Gasteiger charge is -2.52. The molecule has 4 aliphatic rings. The molecule has 0 amide bonds. The molecule has 1 saturated carbocycles. The molecule has 5 nitrogen and oxygen atoms in total. The molecule has 3 atom stereocenters. The number of fused-ring (bicyclic) bond motifs is 3. The molecule has 1 aromatic heterocycles. The minimum Gasteiger partial charge on any atom is -0.454 e. The highest BCUT2D eigenvalue weighted by Crippen LogP contribution is 2.49. The summed E-state index contributed by atoms with van der Waals surface area (Å²) in [6, 6.07) is 12.5. The van der Waals surface area contributed by atoms with Crippen LogP contribution in [0.4, 0.5) is 8.78 Å². The lowest BCUT2D eigenvalue weighted by Crippen LogP contribution is -2.66. The Labute approximate surface area is 201 Å². The van der Waals surface area contributed by atoms with Gasteiger partial charge in [0.15, 0.2) is 11.7 Å². The van der Waals surface area contributed by atoms with Gasteiger partial charge in [-0.1, -0.05) is 36.4 Å². The second kappa shape index (κ2) is 8.81. The molecule has 3 saturated heterocycles. The Bertz CT molecular complexity index is 1040. The fraction of sp³-hybridized carbons (Fsp3) is 0.538. The number of ketones is 1. The number of carbonyl (C=O) groups excluding carboxylic acids is 2. The van der Waals surface area contributed by atoms with Gasteiger partial charge >= 0.3 is 5.97 Å². The van der Waals surface area contributed by atoms with Crippen molar-refractivity contribution in [3.8, 4) is 0 Å². The number of benzene rings is 1. The first kappa shape index (κ1) is 23.6. The van der Waals surface area contributed by atoms with Crippen LogP contribution in [0.25, 0.3) is 0 Å². The standard InChI is InChI=1S/C26H30F2NO4S/c27-25(28)11-8-20(15-25)26(32,23-7-4-14-34-23)24(31)33-22-17-29(12-9-19(22)10-13-29)16-21(30)18-5-2-1-3-6-18/h1-7,14,19-20,22,32H,8-13,15-17H2/q+1/t19?,20?,22-,26?,29?/m0/s1. The van der Waals surface area contributed by atoms with Crippen LogP contribution in [0.2, 0.25) is 0 Å². The van der Waals surface area contributed by atoms with Gasteiger partial charge in [-0.2, -0.15) is 0 Å². The van der Waals surface area contributed by atoms with Crippen molar-refractivity contribution in [2.45, 2.75) is 49.7 Å². The molecule has 34 heavy (non-hydrogen) atoms. The van der Waals surface area contributed by atoms with E-state index in [1.54, 1.807) is 17.5 Å². The Kier molecular flexibility index (Phi) is 6.11. The minimum atomic E-state index is -2.89. The maximum atomic E-state index is 14.0. The number of Topliss-reactive ketones (excluding diaryl/α,β-unsaturated/α-hetero) is 1. The number of carbonyl (C=O) groups is 2. The summed E-state index contributed by atoms with van der Waals surface area (Å²) in [5, 5.41) is 13.3. The van der Waals surface area contributed by atoms with E-state index in [-0.39, 0.29) is 24.5 Å². The smallest absolute Gasteiger partial charge is 0.344 e. The summed E-state index contributed by atoms with van der Waals surface area (Å²) >= 11 is 1.18. The summed E-state index contributed by atoms with van der Waals surface area (Å²) in [6.45, 7) is 2.55. The number of hydrogen-bond acceptors (Lipinski definition) is 5. The monoisotopic (exact) mass is 490 g/mol. The van der Waals surface area contributed by atoms with Crippen LogP contribution < -0.4 is 0 Å². The van der Waals surface area contributed by atoms with Crippen molar-refractivity contribution < 1.29 is 32.7 Å². The normalized spacial score (nSPS) is 31.7. The quantitative estimate of drug-likeness (QED) is 0.355. The van der Waals surface area contributed by atoms with E-state index in [1.807, 2.05) is 30.3 Å².